The first-order chi connectivity index (χ1) is 13.1. The fourth-order valence-corrected chi connectivity index (χ4v) is 6.37. The van der Waals surface area contributed by atoms with E-state index < -0.39 is 0 Å². The third-order valence-corrected chi connectivity index (χ3v) is 7.48. The van der Waals surface area contributed by atoms with Crippen molar-refractivity contribution in [1.29, 1.82) is 5.26 Å². The SMILES string of the molecule is N#Cc1ccc(OC2C3C4CC(CC4=O)C3CC2N2CCCC(N)C2)cc1. The summed E-state index contributed by atoms with van der Waals surface area (Å²) in [5, 5.41) is 9.03. The van der Waals surface area contributed by atoms with E-state index in [9.17, 15) is 4.79 Å². The van der Waals surface area contributed by atoms with E-state index in [1.807, 2.05) is 12.1 Å². The Hall–Kier alpha value is -1.90. The molecule has 5 rings (SSSR count). The molecule has 5 heteroatoms. The smallest absolute Gasteiger partial charge is 0.136 e. The molecule has 0 aromatic heterocycles. The minimum Gasteiger partial charge on any atom is -0.488 e. The van der Waals surface area contributed by atoms with Gasteiger partial charge in [0.25, 0.3) is 0 Å². The van der Waals surface area contributed by atoms with Crippen LogP contribution in [0.3, 0.4) is 0 Å². The Morgan fingerprint density at radius 2 is 2.04 bits per heavy atom. The highest BCUT2D eigenvalue weighted by Gasteiger charge is 2.61. The number of nitrogens with two attached hydrogens (primary N) is 1. The molecular formula is C22H27N3O2. The van der Waals surface area contributed by atoms with Crippen molar-refractivity contribution in [2.75, 3.05) is 13.1 Å². The standard InChI is InChI=1S/C22H27N3O2/c23-11-13-3-5-16(6-4-13)27-22-19(25-7-1-2-15(24)12-25)10-17-14-8-18(21(17)22)20(26)9-14/h3-6,14-15,17-19,21-22H,1-2,7-10,12,24H2. The van der Waals surface area contributed by atoms with E-state index in [0.29, 0.717) is 35.1 Å². The van der Waals surface area contributed by atoms with Crippen LogP contribution in [-0.2, 0) is 4.79 Å². The zero-order valence-corrected chi connectivity index (χ0v) is 15.6. The van der Waals surface area contributed by atoms with Crippen LogP contribution in [0.15, 0.2) is 24.3 Å². The minimum atomic E-state index is 0.0486. The number of Topliss-reactive ketones (excluding diaryl/α,β-unsaturated/α-hetero) is 1. The van der Waals surface area contributed by atoms with Gasteiger partial charge in [0.15, 0.2) is 0 Å². The zero-order valence-electron chi connectivity index (χ0n) is 15.6. The molecule has 1 aromatic rings. The second-order valence-corrected chi connectivity index (χ2v) is 8.93. The average Bonchev–Trinajstić information content (AvgIpc) is 3.33. The number of carbonyl (C=O) groups is 1. The van der Waals surface area contributed by atoms with Gasteiger partial charge in [-0.1, -0.05) is 0 Å². The van der Waals surface area contributed by atoms with Crippen molar-refractivity contribution in [2.45, 2.75) is 50.3 Å². The first kappa shape index (κ1) is 17.2. The topological polar surface area (TPSA) is 79.3 Å². The van der Waals surface area contributed by atoms with Gasteiger partial charge in [0.05, 0.1) is 11.6 Å². The molecule has 1 heterocycles. The van der Waals surface area contributed by atoms with Crippen LogP contribution < -0.4 is 10.5 Å². The number of carbonyl (C=O) groups excluding carboxylic acids is 1. The van der Waals surface area contributed by atoms with Gasteiger partial charge in [0, 0.05) is 36.9 Å². The normalized spacial score (nSPS) is 40.7. The Balaban J connectivity index is 1.43. The van der Waals surface area contributed by atoms with E-state index in [4.69, 9.17) is 15.7 Å². The third kappa shape index (κ3) is 2.86. The summed E-state index contributed by atoms with van der Waals surface area (Å²) >= 11 is 0. The van der Waals surface area contributed by atoms with Crippen molar-refractivity contribution >= 4 is 5.78 Å². The fourth-order valence-electron chi connectivity index (χ4n) is 6.37. The summed E-state index contributed by atoms with van der Waals surface area (Å²) in [6, 6.07) is 10.1. The van der Waals surface area contributed by atoms with E-state index >= 15 is 0 Å². The number of rotatable bonds is 3. The number of piperidine rings is 1. The number of nitriles is 1. The maximum absolute atomic E-state index is 12.5. The molecule has 5 nitrogen and oxygen atoms in total. The van der Waals surface area contributed by atoms with Crippen molar-refractivity contribution in [1.82, 2.24) is 4.90 Å². The second-order valence-electron chi connectivity index (χ2n) is 8.93. The van der Waals surface area contributed by atoms with Gasteiger partial charge in [0.2, 0.25) is 0 Å². The molecule has 1 saturated heterocycles. The summed E-state index contributed by atoms with van der Waals surface area (Å²) in [4.78, 5) is 15.0. The van der Waals surface area contributed by atoms with Gasteiger partial charge in [-0.15, -0.1) is 0 Å². The van der Waals surface area contributed by atoms with Crippen molar-refractivity contribution in [3.8, 4) is 11.8 Å². The Morgan fingerprint density at radius 1 is 1.22 bits per heavy atom. The molecule has 0 spiro atoms. The lowest BCUT2D eigenvalue weighted by Gasteiger charge is -2.39. The Morgan fingerprint density at radius 3 is 2.78 bits per heavy atom. The van der Waals surface area contributed by atoms with Crippen LogP contribution in [0.2, 0.25) is 0 Å². The summed E-state index contributed by atoms with van der Waals surface area (Å²) in [6.45, 7) is 2.01. The van der Waals surface area contributed by atoms with Gasteiger partial charge >= 0.3 is 0 Å². The summed E-state index contributed by atoms with van der Waals surface area (Å²) < 4.78 is 6.55. The summed E-state index contributed by atoms with van der Waals surface area (Å²) in [7, 11) is 0. The van der Waals surface area contributed by atoms with Gasteiger partial charge < -0.3 is 10.5 Å². The molecule has 7 atom stereocenters. The number of ketones is 1. The van der Waals surface area contributed by atoms with Crippen molar-refractivity contribution in [3.05, 3.63) is 29.8 Å². The molecular weight excluding hydrogens is 338 g/mol. The monoisotopic (exact) mass is 365 g/mol. The number of nitrogens with zero attached hydrogens (tertiary/aromatic N) is 2. The van der Waals surface area contributed by atoms with Gasteiger partial charge in [-0.25, -0.2) is 0 Å². The van der Waals surface area contributed by atoms with E-state index in [-0.39, 0.29) is 18.1 Å². The van der Waals surface area contributed by atoms with E-state index in [0.717, 1.165) is 50.9 Å². The molecule has 4 fully saturated rings. The van der Waals surface area contributed by atoms with Crippen LogP contribution in [0.25, 0.3) is 0 Å². The molecule has 7 unspecified atom stereocenters. The zero-order chi connectivity index (χ0) is 18.5. The Bertz CT molecular complexity index is 771. The maximum Gasteiger partial charge on any atom is 0.136 e. The van der Waals surface area contributed by atoms with Crippen LogP contribution >= 0.6 is 0 Å². The summed E-state index contributed by atoms with van der Waals surface area (Å²) in [5.41, 5.74) is 6.90. The second kappa shape index (κ2) is 6.61. The van der Waals surface area contributed by atoms with Crippen LogP contribution in [0.5, 0.6) is 5.75 Å². The maximum atomic E-state index is 12.5. The minimum absolute atomic E-state index is 0.0486. The summed E-state index contributed by atoms with van der Waals surface area (Å²) in [5.74, 6) is 2.95. The number of fused-ring (bicyclic) bond motifs is 5. The van der Waals surface area contributed by atoms with Crippen molar-refractivity contribution < 1.29 is 9.53 Å². The number of hydrogen-bond donors (Lipinski definition) is 1. The molecule has 2 N–H and O–H groups in total. The van der Waals surface area contributed by atoms with Crippen molar-refractivity contribution in [3.63, 3.8) is 0 Å². The van der Waals surface area contributed by atoms with E-state index in [1.165, 1.54) is 0 Å². The third-order valence-electron chi connectivity index (χ3n) is 7.48. The predicted octanol–water partition coefficient (Wildman–Crippen LogP) is 2.34. The molecule has 3 aliphatic carbocycles. The quantitative estimate of drug-likeness (QED) is 0.889. The molecule has 142 valence electrons. The van der Waals surface area contributed by atoms with Crippen molar-refractivity contribution in [2.24, 2.45) is 29.4 Å². The van der Waals surface area contributed by atoms with Gasteiger partial charge in [0.1, 0.15) is 17.6 Å². The Labute approximate surface area is 160 Å². The van der Waals surface area contributed by atoms with Crippen LogP contribution in [0.4, 0.5) is 0 Å². The lowest BCUT2D eigenvalue weighted by molar-refractivity contribution is -0.125. The molecule has 3 saturated carbocycles. The van der Waals surface area contributed by atoms with Crippen LogP contribution in [-0.4, -0.2) is 42.0 Å². The van der Waals surface area contributed by atoms with Crippen LogP contribution in [0.1, 0.15) is 37.7 Å². The lowest BCUT2D eigenvalue weighted by Crippen LogP contribution is -2.52. The first-order valence-corrected chi connectivity index (χ1v) is 10.3. The Kier molecular flexibility index (Phi) is 4.22. The molecule has 2 bridgehead atoms. The van der Waals surface area contributed by atoms with E-state index in [1.54, 1.807) is 12.1 Å². The average molecular weight is 365 g/mol. The first-order valence-electron chi connectivity index (χ1n) is 10.3. The number of likely N-dealkylation sites (tertiary alicyclic amines) is 1. The number of benzene rings is 1. The van der Waals surface area contributed by atoms with Crippen LogP contribution in [0, 0.1) is 35.0 Å². The number of ether oxygens (including phenoxy) is 1. The highest BCUT2D eigenvalue weighted by Crippen LogP contribution is 2.58. The highest BCUT2D eigenvalue weighted by atomic mass is 16.5. The molecule has 27 heavy (non-hydrogen) atoms. The fraction of sp³-hybridized carbons (Fsp3) is 0.636. The molecule has 1 aromatic carbocycles. The van der Waals surface area contributed by atoms with Gasteiger partial charge in [-0.3, -0.25) is 9.69 Å². The molecule has 1 aliphatic heterocycles. The van der Waals surface area contributed by atoms with Gasteiger partial charge in [-0.05, 0) is 68.3 Å². The molecule has 0 amide bonds. The lowest BCUT2D eigenvalue weighted by atomic mass is 9.80. The van der Waals surface area contributed by atoms with E-state index in [2.05, 4.69) is 11.0 Å². The van der Waals surface area contributed by atoms with Gasteiger partial charge in [-0.2, -0.15) is 5.26 Å². The molecule has 4 aliphatic rings. The largest absolute Gasteiger partial charge is 0.488 e. The predicted molar refractivity (Wildman–Crippen MR) is 101 cm³/mol. The molecule has 0 radical (unpaired) electrons. The summed E-state index contributed by atoms with van der Waals surface area (Å²) in [6.07, 6.45) is 5.26. The highest BCUT2D eigenvalue weighted by molar-refractivity contribution is 5.85. The number of hydrogen-bond acceptors (Lipinski definition) is 5.